The molecule has 1 aliphatic heterocycles. The van der Waals surface area contributed by atoms with E-state index in [0.717, 1.165) is 18.0 Å². The molecule has 0 aromatic heterocycles. The Labute approximate surface area is 116 Å². The second kappa shape index (κ2) is 6.18. The first-order valence-electron chi connectivity index (χ1n) is 7.20. The van der Waals surface area contributed by atoms with Gasteiger partial charge >= 0.3 is 0 Å². The molecule has 1 amide bonds. The molecule has 0 saturated carbocycles. The number of carbonyl (C=O) groups excluding carboxylic acids is 1. The Morgan fingerprint density at radius 1 is 1.32 bits per heavy atom. The van der Waals surface area contributed by atoms with Crippen molar-refractivity contribution in [3.05, 3.63) is 0 Å². The summed E-state index contributed by atoms with van der Waals surface area (Å²) in [4.78, 5) is 14.7. The summed E-state index contributed by atoms with van der Waals surface area (Å²) in [6, 6.07) is 0. The fourth-order valence-electron chi connectivity index (χ4n) is 2.90. The molecule has 4 nitrogen and oxygen atoms in total. The third-order valence-electron chi connectivity index (χ3n) is 4.68. The van der Waals surface area contributed by atoms with Gasteiger partial charge in [-0.2, -0.15) is 0 Å². The largest absolute Gasteiger partial charge is 0.349 e. The van der Waals surface area contributed by atoms with Crippen molar-refractivity contribution in [3.8, 4) is 0 Å². The highest BCUT2D eigenvalue weighted by Crippen LogP contribution is 2.26. The van der Waals surface area contributed by atoms with Crippen molar-refractivity contribution in [1.82, 2.24) is 15.3 Å². The smallest absolute Gasteiger partial charge is 0.240 e. The first kappa shape index (κ1) is 16.4. The number of hydrogen-bond acceptors (Lipinski definition) is 3. The van der Waals surface area contributed by atoms with Gasteiger partial charge in [0.1, 0.15) is 0 Å². The maximum absolute atomic E-state index is 13.1. The first-order chi connectivity index (χ1) is 8.79. The molecule has 0 atom stereocenters. The summed E-state index contributed by atoms with van der Waals surface area (Å²) in [7, 11) is 3.89. The summed E-state index contributed by atoms with van der Waals surface area (Å²) >= 11 is 0. The number of piperidine rings is 1. The van der Waals surface area contributed by atoms with Crippen LogP contribution < -0.4 is 5.32 Å². The third kappa shape index (κ3) is 3.45. The van der Waals surface area contributed by atoms with Crippen LogP contribution in [0.2, 0.25) is 0 Å². The van der Waals surface area contributed by atoms with E-state index in [1.54, 1.807) is 0 Å². The lowest BCUT2D eigenvalue weighted by molar-refractivity contribution is -0.136. The molecule has 0 bridgehead atoms. The van der Waals surface area contributed by atoms with Gasteiger partial charge in [0, 0.05) is 18.6 Å². The van der Waals surface area contributed by atoms with Crippen LogP contribution in [0.4, 0.5) is 4.48 Å². The van der Waals surface area contributed by atoms with Gasteiger partial charge in [0.25, 0.3) is 0 Å². The van der Waals surface area contributed by atoms with E-state index in [1.807, 2.05) is 39.8 Å². The van der Waals surface area contributed by atoms with E-state index in [4.69, 9.17) is 0 Å². The van der Waals surface area contributed by atoms with Crippen LogP contribution in [0.5, 0.6) is 0 Å². The van der Waals surface area contributed by atoms with Gasteiger partial charge < -0.3 is 5.32 Å². The Kier molecular flexibility index (Phi) is 5.33. The second-order valence-corrected chi connectivity index (χ2v) is 6.06. The molecule has 19 heavy (non-hydrogen) atoms. The van der Waals surface area contributed by atoms with Crippen LogP contribution in [-0.2, 0) is 4.79 Å². The lowest BCUT2D eigenvalue weighted by Crippen LogP contribution is -2.62. The van der Waals surface area contributed by atoms with Crippen molar-refractivity contribution in [2.24, 2.45) is 0 Å². The van der Waals surface area contributed by atoms with E-state index in [2.05, 4.69) is 5.32 Å². The molecule has 0 aliphatic carbocycles. The molecule has 1 aliphatic rings. The zero-order chi connectivity index (χ0) is 14.7. The molecular weight excluding hydrogens is 245 g/mol. The van der Waals surface area contributed by atoms with E-state index in [0.29, 0.717) is 25.9 Å². The molecule has 0 radical (unpaired) electrons. The molecule has 0 unspecified atom stereocenters. The number of hydrogen-bond donors (Lipinski definition) is 1. The Hall–Kier alpha value is -0.680. The average Bonchev–Trinajstić information content (AvgIpc) is 2.35. The minimum absolute atomic E-state index is 0.0670. The molecule has 1 rings (SSSR count). The number of carbonyl (C=O) groups is 1. The van der Waals surface area contributed by atoms with Crippen molar-refractivity contribution in [2.45, 2.75) is 57.5 Å². The highest BCUT2D eigenvalue weighted by atomic mass is 19.2. The van der Waals surface area contributed by atoms with Crippen molar-refractivity contribution in [2.75, 3.05) is 27.2 Å². The lowest BCUT2D eigenvalue weighted by Gasteiger charge is -2.43. The summed E-state index contributed by atoms with van der Waals surface area (Å²) in [6.45, 7) is 6.88. The third-order valence-corrected chi connectivity index (χ3v) is 4.68. The standard InChI is InChI=1S/C14H28FN3O/c1-6-14(7-2,17(4)5)12(19)16-13(3)8-10-18(15)11-9-13/h6-11H2,1-5H3,(H,16,19). The molecule has 1 heterocycles. The molecule has 1 N–H and O–H groups in total. The molecule has 5 heteroatoms. The Morgan fingerprint density at radius 3 is 2.16 bits per heavy atom. The maximum atomic E-state index is 13.1. The lowest BCUT2D eigenvalue weighted by atomic mass is 9.85. The van der Waals surface area contributed by atoms with Gasteiger partial charge in [-0.05, 0) is 46.7 Å². The fourth-order valence-corrected chi connectivity index (χ4v) is 2.90. The number of halogens is 1. The van der Waals surface area contributed by atoms with E-state index in [-0.39, 0.29) is 11.4 Å². The average molecular weight is 273 g/mol. The van der Waals surface area contributed by atoms with E-state index >= 15 is 0 Å². The van der Waals surface area contributed by atoms with Crippen LogP contribution in [-0.4, -0.2) is 54.2 Å². The summed E-state index contributed by atoms with van der Waals surface area (Å²) in [5.74, 6) is 0.0670. The summed E-state index contributed by atoms with van der Waals surface area (Å²) in [5, 5.41) is 3.99. The van der Waals surface area contributed by atoms with Crippen LogP contribution in [0.25, 0.3) is 0 Å². The minimum atomic E-state index is -0.462. The van der Waals surface area contributed by atoms with Gasteiger partial charge in [0.05, 0.1) is 5.54 Å². The number of nitrogens with zero attached hydrogens (tertiary/aromatic N) is 2. The van der Waals surface area contributed by atoms with Crippen LogP contribution >= 0.6 is 0 Å². The van der Waals surface area contributed by atoms with Gasteiger partial charge in [-0.15, -0.1) is 9.60 Å². The van der Waals surface area contributed by atoms with E-state index in [1.165, 1.54) is 0 Å². The van der Waals surface area contributed by atoms with Gasteiger partial charge in [0.15, 0.2) is 0 Å². The maximum Gasteiger partial charge on any atom is 0.240 e. The fraction of sp³-hybridized carbons (Fsp3) is 0.929. The van der Waals surface area contributed by atoms with Crippen molar-refractivity contribution in [1.29, 1.82) is 0 Å². The van der Waals surface area contributed by atoms with Gasteiger partial charge in [-0.3, -0.25) is 9.69 Å². The number of nitrogens with one attached hydrogen (secondary N) is 1. The van der Waals surface area contributed by atoms with E-state index in [9.17, 15) is 9.28 Å². The number of likely N-dealkylation sites (N-methyl/N-ethyl adjacent to an activating group) is 1. The molecule has 1 saturated heterocycles. The normalized spacial score (nSPS) is 20.6. The number of rotatable bonds is 5. The molecule has 1 fully saturated rings. The van der Waals surface area contributed by atoms with Gasteiger partial charge in [0.2, 0.25) is 5.91 Å². The Bertz CT molecular complexity index is 308. The molecule has 0 aromatic rings. The first-order valence-corrected chi connectivity index (χ1v) is 7.20. The van der Waals surface area contributed by atoms with Crippen LogP contribution in [0.15, 0.2) is 0 Å². The SMILES string of the molecule is CCC(CC)(C(=O)NC1(C)CCN(F)CC1)N(C)C. The van der Waals surface area contributed by atoms with Crippen LogP contribution in [0, 0.1) is 0 Å². The molecule has 0 spiro atoms. The summed E-state index contributed by atoms with van der Waals surface area (Å²) < 4.78 is 13.1. The van der Waals surface area contributed by atoms with E-state index < -0.39 is 5.54 Å². The minimum Gasteiger partial charge on any atom is -0.349 e. The highest BCUT2D eigenvalue weighted by Gasteiger charge is 2.41. The summed E-state index contributed by atoms with van der Waals surface area (Å²) in [5.41, 5.74) is -0.749. The Morgan fingerprint density at radius 2 is 1.79 bits per heavy atom. The monoisotopic (exact) mass is 273 g/mol. The number of amides is 1. The predicted octanol–water partition coefficient (Wildman–Crippen LogP) is 1.96. The highest BCUT2D eigenvalue weighted by molar-refractivity contribution is 5.86. The molecular formula is C14H28FN3O. The van der Waals surface area contributed by atoms with Crippen molar-refractivity contribution < 1.29 is 9.28 Å². The molecule has 0 aromatic carbocycles. The van der Waals surface area contributed by atoms with Gasteiger partial charge in [-0.25, -0.2) is 0 Å². The van der Waals surface area contributed by atoms with Crippen molar-refractivity contribution >= 4 is 5.91 Å². The second-order valence-electron chi connectivity index (χ2n) is 6.06. The van der Waals surface area contributed by atoms with Crippen molar-refractivity contribution in [3.63, 3.8) is 0 Å². The zero-order valence-electron chi connectivity index (χ0n) is 12.9. The summed E-state index contributed by atoms with van der Waals surface area (Å²) in [6.07, 6.45) is 2.86. The van der Waals surface area contributed by atoms with Crippen LogP contribution in [0.3, 0.4) is 0 Å². The molecule has 112 valence electrons. The topological polar surface area (TPSA) is 35.6 Å². The van der Waals surface area contributed by atoms with Crippen LogP contribution in [0.1, 0.15) is 46.5 Å². The predicted molar refractivity (Wildman–Crippen MR) is 75.5 cm³/mol. The Balaban J connectivity index is 2.77. The quantitative estimate of drug-likeness (QED) is 0.778. The van der Waals surface area contributed by atoms with Gasteiger partial charge in [-0.1, -0.05) is 13.8 Å². The zero-order valence-corrected chi connectivity index (χ0v) is 12.9.